The summed E-state index contributed by atoms with van der Waals surface area (Å²) in [5.74, 6) is 0.229. The molecule has 0 aliphatic heterocycles. The third-order valence-electron chi connectivity index (χ3n) is 3.28. The number of rotatable bonds is 3. The monoisotopic (exact) mass is 250 g/mol. The first-order chi connectivity index (χ1) is 8.16. The third-order valence-corrected chi connectivity index (χ3v) is 3.53. The Morgan fingerprint density at radius 1 is 1.24 bits per heavy atom. The summed E-state index contributed by atoms with van der Waals surface area (Å²) in [4.78, 5) is 23.6. The number of benzene rings is 1. The maximum atomic E-state index is 12.0. The van der Waals surface area contributed by atoms with Gasteiger partial charge in [0.25, 0.3) is 0 Å². The first kappa shape index (κ1) is 12.3. The van der Waals surface area contributed by atoms with E-state index in [9.17, 15) is 9.59 Å². The van der Waals surface area contributed by atoms with Gasteiger partial charge in [-0.3, -0.25) is 9.59 Å². The van der Waals surface area contributed by atoms with Gasteiger partial charge >= 0.3 is 0 Å². The minimum absolute atomic E-state index is 0.0434. The van der Waals surface area contributed by atoms with Crippen molar-refractivity contribution in [1.29, 1.82) is 0 Å². The van der Waals surface area contributed by atoms with Crippen molar-refractivity contribution in [3.05, 3.63) is 34.9 Å². The molecular weight excluding hydrogens is 236 g/mol. The molecule has 2 rings (SSSR count). The molecule has 0 aromatic heterocycles. The molecule has 1 aromatic rings. The Morgan fingerprint density at radius 2 is 1.94 bits per heavy atom. The van der Waals surface area contributed by atoms with Crippen LogP contribution in [0.5, 0.6) is 0 Å². The zero-order chi connectivity index (χ0) is 12.3. The highest BCUT2D eigenvalue weighted by Gasteiger charge is 2.24. The molecule has 17 heavy (non-hydrogen) atoms. The quantitative estimate of drug-likeness (QED) is 0.767. The zero-order valence-electron chi connectivity index (χ0n) is 9.62. The Labute approximate surface area is 106 Å². The molecule has 0 spiro atoms. The van der Waals surface area contributed by atoms with Crippen molar-refractivity contribution in [3.63, 3.8) is 0 Å². The summed E-state index contributed by atoms with van der Waals surface area (Å²) in [5, 5.41) is 0.621. The van der Waals surface area contributed by atoms with Crippen molar-refractivity contribution in [3.8, 4) is 0 Å². The fraction of sp³-hybridized carbons (Fsp3) is 0.429. The third kappa shape index (κ3) is 3.16. The van der Waals surface area contributed by atoms with E-state index in [1.54, 1.807) is 24.3 Å². The smallest absolute Gasteiger partial charge is 0.163 e. The molecule has 0 N–H and O–H groups in total. The van der Waals surface area contributed by atoms with Crippen molar-refractivity contribution in [2.45, 2.75) is 32.1 Å². The molecule has 1 fully saturated rings. The number of halogens is 1. The van der Waals surface area contributed by atoms with Crippen LogP contribution in [0, 0.1) is 5.92 Å². The maximum absolute atomic E-state index is 12.0. The Kier molecular flexibility index (Phi) is 3.95. The zero-order valence-corrected chi connectivity index (χ0v) is 10.4. The van der Waals surface area contributed by atoms with Crippen LogP contribution in [0.15, 0.2) is 24.3 Å². The molecule has 1 atom stereocenters. The molecular formula is C14H15ClO2. The molecule has 0 bridgehead atoms. The number of Topliss-reactive ketones (excluding diaryl/α,β-unsaturated/α-hetero) is 2. The van der Waals surface area contributed by atoms with E-state index in [2.05, 4.69) is 0 Å². The van der Waals surface area contributed by atoms with Gasteiger partial charge in [-0.25, -0.2) is 0 Å². The van der Waals surface area contributed by atoms with E-state index in [0.29, 0.717) is 23.4 Å². The van der Waals surface area contributed by atoms with Gasteiger partial charge in [-0.05, 0) is 37.1 Å². The van der Waals surface area contributed by atoms with Crippen LogP contribution in [0.2, 0.25) is 5.02 Å². The van der Waals surface area contributed by atoms with Gasteiger partial charge in [0, 0.05) is 29.3 Å². The van der Waals surface area contributed by atoms with Crippen LogP contribution in [-0.2, 0) is 4.79 Å². The molecule has 0 amide bonds. The lowest BCUT2D eigenvalue weighted by molar-refractivity contribution is -0.124. The molecule has 0 radical (unpaired) electrons. The highest BCUT2D eigenvalue weighted by molar-refractivity contribution is 6.30. The lowest BCUT2D eigenvalue weighted by Crippen LogP contribution is -2.22. The Balaban J connectivity index is 2.01. The topological polar surface area (TPSA) is 34.1 Å². The van der Waals surface area contributed by atoms with E-state index < -0.39 is 0 Å². The van der Waals surface area contributed by atoms with Gasteiger partial charge in [0.2, 0.25) is 0 Å². The van der Waals surface area contributed by atoms with Gasteiger partial charge in [0.15, 0.2) is 5.78 Å². The first-order valence-corrected chi connectivity index (χ1v) is 6.36. The number of ketones is 2. The molecule has 2 nitrogen and oxygen atoms in total. The maximum Gasteiger partial charge on any atom is 0.163 e. The minimum Gasteiger partial charge on any atom is -0.299 e. The summed E-state index contributed by atoms with van der Waals surface area (Å²) in [6.07, 6.45) is 3.88. The first-order valence-electron chi connectivity index (χ1n) is 5.98. The number of hydrogen-bond acceptors (Lipinski definition) is 2. The lowest BCUT2D eigenvalue weighted by atomic mass is 9.83. The van der Waals surface area contributed by atoms with Crippen LogP contribution in [0.1, 0.15) is 42.5 Å². The highest BCUT2D eigenvalue weighted by Crippen LogP contribution is 2.25. The van der Waals surface area contributed by atoms with Gasteiger partial charge in [0.05, 0.1) is 0 Å². The van der Waals surface area contributed by atoms with Crippen molar-refractivity contribution < 1.29 is 9.59 Å². The summed E-state index contributed by atoms with van der Waals surface area (Å²) < 4.78 is 0. The largest absolute Gasteiger partial charge is 0.299 e. The Hall–Kier alpha value is -1.15. The highest BCUT2D eigenvalue weighted by atomic mass is 35.5. The molecule has 90 valence electrons. The lowest BCUT2D eigenvalue weighted by Gasteiger charge is -2.19. The van der Waals surface area contributed by atoms with E-state index in [0.717, 1.165) is 19.3 Å². The minimum atomic E-state index is -0.0630. The Morgan fingerprint density at radius 3 is 2.59 bits per heavy atom. The predicted molar refractivity (Wildman–Crippen MR) is 67.4 cm³/mol. The summed E-state index contributed by atoms with van der Waals surface area (Å²) in [7, 11) is 0. The van der Waals surface area contributed by atoms with E-state index >= 15 is 0 Å². The summed E-state index contributed by atoms with van der Waals surface area (Å²) in [5.41, 5.74) is 0.646. The van der Waals surface area contributed by atoms with Crippen LogP contribution in [0.3, 0.4) is 0 Å². The second kappa shape index (κ2) is 5.46. The molecule has 0 saturated heterocycles. The summed E-state index contributed by atoms with van der Waals surface area (Å²) in [6, 6.07) is 6.85. The van der Waals surface area contributed by atoms with Crippen LogP contribution < -0.4 is 0 Å². The van der Waals surface area contributed by atoms with Gasteiger partial charge in [0.1, 0.15) is 5.78 Å². The van der Waals surface area contributed by atoms with Crippen LogP contribution >= 0.6 is 11.6 Å². The van der Waals surface area contributed by atoms with Gasteiger partial charge < -0.3 is 0 Å². The standard InChI is InChI=1S/C14H15ClO2/c15-12-7-5-10(6-8-12)14(17)9-11-3-1-2-4-13(11)16/h5-8,11H,1-4,9H2/t11-/m1/s1. The molecule has 0 unspecified atom stereocenters. The van der Waals surface area contributed by atoms with Crippen molar-refractivity contribution in [2.75, 3.05) is 0 Å². The van der Waals surface area contributed by atoms with Crippen LogP contribution in [0.25, 0.3) is 0 Å². The van der Waals surface area contributed by atoms with Crippen molar-refractivity contribution in [2.24, 2.45) is 5.92 Å². The number of carbonyl (C=O) groups is 2. The second-order valence-corrected chi connectivity index (χ2v) is 4.98. The fourth-order valence-electron chi connectivity index (χ4n) is 2.25. The van der Waals surface area contributed by atoms with Crippen molar-refractivity contribution >= 4 is 23.2 Å². The van der Waals surface area contributed by atoms with Crippen molar-refractivity contribution in [1.82, 2.24) is 0 Å². The molecule has 1 aromatic carbocycles. The molecule has 0 heterocycles. The van der Waals surface area contributed by atoms with E-state index in [1.165, 1.54) is 0 Å². The summed E-state index contributed by atoms with van der Waals surface area (Å²) >= 11 is 5.77. The average Bonchev–Trinajstić information content (AvgIpc) is 2.33. The van der Waals surface area contributed by atoms with Gasteiger partial charge in [-0.1, -0.05) is 18.0 Å². The molecule has 3 heteroatoms. The molecule has 1 aliphatic carbocycles. The van der Waals surface area contributed by atoms with E-state index in [-0.39, 0.29) is 17.5 Å². The normalized spacial score (nSPS) is 20.3. The number of carbonyl (C=O) groups excluding carboxylic acids is 2. The molecule has 1 saturated carbocycles. The van der Waals surface area contributed by atoms with Crippen LogP contribution in [-0.4, -0.2) is 11.6 Å². The van der Waals surface area contributed by atoms with Gasteiger partial charge in [-0.15, -0.1) is 0 Å². The van der Waals surface area contributed by atoms with Crippen LogP contribution in [0.4, 0.5) is 0 Å². The Bertz CT molecular complexity index is 422. The van der Waals surface area contributed by atoms with E-state index in [1.807, 2.05) is 0 Å². The molecule has 1 aliphatic rings. The van der Waals surface area contributed by atoms with E-state index in [4.69, 9.17) is 11.6 Å². The predicted octanol–water partition coefficient (Wildman–Crippen LogP) is 3.67. The second-order valence-electron chi connectivity index (χ2n) is 4.54. The SMILES string of the molecule is O=C(C[C@H]1CCCCC1=O)c1ccc(Cl)cc1. The summed E-state index contributed by atoms with van der Waals surface area (Å²) in [6.45, 7) is 0. The average molecular weight is 251 g/mol. The fourth-order valence-corrected chi connectivity index (χ4v) is 2.37. The van der Waals surface area contributed by atoms with Gasteiger partial charge in [-0.2, -0.15) is 0 Å². The number of hydrogen-bond donors (Lipinski definition) is 0.